The monoisotopic (exact) mass is 282 g/mol. The summed E-state index contributed by atoms with van der Waals surface area (Å²) in [5.41, 5.74) is 3.26. The van der Waals surface area contributed by atoms with Crippen LogP contribution in [0.1, 0.15) is 11.1 Å². The first-order chi connectivity index (χ1) is 10.3. The Hall–Kier alpha value is -2.56. The minimum absolute atomic E-state index is 0.665. The molecule has 0 spiro atoms. The number of pyridine rings is 1. The molecular weight excluding hydrogens is 264 g/mol. The lowest BCUT2D eigenvalue weighted by Gasteiger charge is -2.04. The normalized spacial score (nSPS) is 10.8. The molecule has 108 valence electrons. The molecule has 0 amide bonds. The molecule has 2 aromatic heterocycles. The van der Waals surface area contributed by atoms with E-state index in [1.165, 1.54) is 5.56 Å². The third-order valence-corrected chi connectivity index (χ3v) is 3.41. The summed E-state index contributed by atoms with van der Waals surface area (Å²) >= 11 is 0. The number of methoxy groups -OCH3 is 1. The molecule has 1 N–H and O–H groups in total. The van der Waals surface area contributed by atoms with E-state index in [0.29, 0.717) is 5.95 Å². The Bertz CT molecular complexity index is 734. The minimum Gasteiger partial charge on any atom is -0.497 e. The van der Waals surface area contributed by atoms with Crippen molar-refractivity contribution in [3.05, 3.63) is 53.7 Å². The molecule has 0 saturated heterocycles. The van der Waals surface area contributed by atoms with Crippen LogP contribution in [0.4, 0.5) is 5.95 Å². The van der Waals surface area contributed by atoms with Crippen LogP contribution in [0.2, 0.25) is 0 Å². The lowest BCUT2D eigenvalue weighted by Crippen LogP contribution is -2.06. The molecule has 0 bridgehead atoms. The molecule has 21 heavy (non-hydrogen) atoms. The van der Waals surface area contributed by atoms with Gasteiger partial charge >= 0.3 is 0 Å². The summed E-state index contributed by atoms with van der Waals surface area (Å²) in [6.07, 6.45) is 2.82. The summed E-state index contributed by atoms with van der Waals surface area (Å²) in [5.74, 6) is 1.54. The summed E-state index contributed by atoms with van der Waals surface area (Å²) in [6.45, 7) is 2.83. The Balaban J connectivity index is 1.62. The first-order valence-corrected chi connectivity index (χ1v) is 6.95. The summed E-state index contributed by atoms with van der Waals surface area (Å²) in [7, 11) is 1.67. The zero-order valence-corrected chi connectivity index (χ0v) is 12.2. The third-order valence-electron chi connectivity index (χ3n) is 3.41. The number of ether oxygens (including phenoxy) is 1. The van der Waals surface area contributed by atoms with Crippen molar-refractivity contribution in [2.24, 2.45) is 0 Å². The van der Waals surface area contributed by atoms with Crippen molar-refractivity contribution in [3.63, 3.8) is 0 Å². The van der Waals surface area contributed by atoms with Crippen molar-refractivity contribution in [2.75, 3.05) is 19.0 Å². The van der Waals surface area contributed by atoms with E-state index in [0.717, 1.165) is 29.9 Å². The molecule has 0 unspecified atom stereocenters. The molecule has 0 aliphatic rings. The molecule has 5 heteroatoms. The molecule has 0 fully saturated rings. The quantitative estimate of drug-likeness (QED) is 0.781. The fraction of sp³-hybridized carbons (Fsp3) is 0.250. The number of fused-ring (bicyclic) bond motifs is 1. The van der Waals surface area contributed by atoms with Crippen molar-refractivity contribution in [1.82, 2.24) is 14.6 Å². The number of hydrogen-bond acceptors (Lipinski definition) is 4. The molecule has 2 heterocycles. The molecule has 0 aliphatic heterocycles. The van der Waals surface area contributed by atoms with Crippen LogP contribution in [0.15, 0.2) is 42.6 Å². The first-order valence-electron chi connectivity index (χ1n) is 6.95. The number of aromatic nitrogens is 3. The highest BCUT2D eigenvalue weighted by atomic mass is 16.5. The zero-order chi connectivity index (χ0) is 14.7. The van der Waals surface area contributed by atoms with Crippen LogP contribution in [0.25, 0.3) is 5.65 Å². The van der Waals surface area contributed by atoms with Crippen LogP contribution in [-0.4, -0.2) is 28.3 Å². The van der Waals surface area contributed by atoms with Crippen molar-refractivity contribution < 1.29 is 4.74 Å². The van der Waals surface area contributed by atoms with Crippen LogP contribution in [-0.2, 0) is 6.42 Å². The fourth-order valence-electron chi connectivity index (χ4n) is 2.23. The summed E-state index contributed by atoms with van der Waals surface area (Å²) in [5, 5.41) is 7.67. The Morgan fingerprint density at radius 2 is 2.00 bits per heavy atom. The molecule has 1 aromatic carbocycles. The predicted molar refractivity (Wildman–Crippen MR) is 82.9 cm³/mol. The molecule has 0 aliphatic carbocycles. The van der Waals surface area contributed by atoms with Gasteiger partial charge in [-0.3, -0.25) is 0 Å². The lowest BCUT2D eigenvalue weighted by molar-refractivity contribution is 0.414. The maximum Gasteiger partial charge on any atom is 0.243 e. The van der Waals surface area contributed by atoms with Crippen LogP contribution in [0.5, 0.6) is 5.75 Å². The standard InChI is InChI=1S/C16H18N4O/c1-12-4-3-11-20-15(12)18-16(19-20)17-10-9-13-5-7-14(21-2)8-6-13/h3-8,11H,9-10H2,1-2H3,(H,17,19). The van der Waals surface area contributed by atoms with Gasteiger partial charge in [0.25, 0.3) is 0 Å². The SMILES string of the molecule is COc1ccc(CCNc2nc3c(C)cccn3n2)cc1. The van der Waals surface area contributed by atoms with Gasteiger partial charge in [-0.25, -0.2) is 4.52 Å². The molecular formula is C16H18N4O. The highest BCUT2D eigenvalue weighted by molar-refractivity contribution is 5.49. The summed E-state index contributed by atoms with van der Waals surface area (Å²) in [6, 6.07) is 12.1. The number of nitrogens with one attached hydrogen (secondary N) is 1. The highest BCUT2D eigenvalue weighted by Gasteiger charge is 2.04. The second kappa shape index (κ2) is 5.83. The number of rotatable bonds is 5. The highest BCUT2D eigenvalue weighted by Crippen LogP contribution is 2.12. The van der Waals surface area contributed by atoms with Gasteiger partial charge in [-0.2, -0.15) is 4.98 Å². The van der Waals surface area contributed by atoms with Crippen LogP contribution >= 0.6 is 0 Å². The van der Waals surface area contributed by atoms with Gasteiger partial charge in [0, 0.05) is 12.7 Å². The van der Waals surface area contributed by atoms with Crippen molar-refractivity contribution in [1.29, 1.82) is 0 Å². The van der Waals surface area contributed by atoms with E-state index < -0.39 is 0 Å². The van der Waals surface area contributed by atoms with Crippen LogP contribution in [0.3, 0.4) is 0 Å². The number of aryl methyl sites for hydroxylation is 1. The predicted octanol–water partition coefficient (Wildman–Crippen LogP) is 2.70. The van der Waals surface area contributed by atoms with Gasteiger partial charge in [-0.05, 0) is 42.7 Å². The van der Waals surface area contributed by atoms with Gasteiger partial charge in [-0.1, -0.05) is 18.2 Å². The van der Waals surface area contributed by atoms with E-state index in [1.54, 1.807) is 11.6 Å². The molecule has 3 aromatic rings. The van der Waals surface area contributed by atoms with E-state index in [-0.39, 0.29) is 0 Å². The maximum atomic E-state index is 5.15. The Morgan fingerprint density at radius 1 is 1.19 bits per heavy atom. The molecule has 0 saturated carbocycles. The number of nitrogens with zero attached hydrogens (tertiary/aromatic N) is 3. The molecule has 5 nitrogen and oxygen atoms in total. The average molecular weight is 282 g/mol. The lowest BCUT2D eigenvalue weighted by atomic mass is 10.1. The summed E-state index contributed by atoms with van der Waals surface area (Å²) < 4.78 is 6.95. The van der Waals surface area contributed by atoms with Crippen molar-refractivity contribution in [2.45, 2.75) is 13.3 Å². The van der Waals surface area contributed by atoms with Crippen molar-refractivity contribution in [3.8, 4) is 5.75 Å². The van der Waals surface area contributed by atoms with Gasteiger partial charge in [0.2, 0.25) is 5.95 Å². The van der Waals surface area contributed by atoms with Crippen LogP contribution < -0.4 is 10.1 Å². The van der Waals surface area contributed by atoms with E-state index in [1.807, 2.05) is 37.4 Å². The second-order valence-electron chi connectivity index (χ2n) is 4.92. The Kier molecular flexibility index (Phi) is 3.73. The van der Waals surface area contributed by atoms with Gasteiger partial charge < -0.3 is 10.1 Å². The van der Waals surface area contributed by atoms with Gasteiger partial charge in [0.15, 0.2) is 5.65 Å². The van der Waals surface area contributed by atoms with Gasteiger partial charge in [0.05, 0.1) is 7.11 Å². The molecule has 0 atom stereocenters. The topological polar surface area (TPSA) is 51.5 Å². The average Bonchev–Trinajstić information content (AvgIpc) is 2.92. The first kappa shape index (κ1) is 13.4. The zero-order valence-electron chi connectivity index (χ0n) is 12.2. The molecule has 0 radical (unpaired) electrons. The molecule has 3 rings (SSSR count). The fourth-order valence-corrected chi connectivity index (χ4v) is 2.23. The second-order valence-corrected chi connectivity index (χ2v) is 4.92. The Morgan fingerprint density at radius 3 is 2.71 bits per heavy atom. The van der Waals surface area contributed by atoms with E-state index in [9.17, 15) is 0 Å². The van der Waals surface area contributed by atoms with Crippen molar-refractivity contribution >= 4 is 11.6 Å². The third kappa shape index (κ3) is 2.97. The van der Waals surface area contributed by atoms with E-state index in [4.69, 9.17) is 4.74 Å². The minimum atomic E-state index is 0.665. The Labute approximate surface area is 123 Å². The maximum absolute atomic E-state index is 5.15. The van der Waals surface area contributed by atoms with E-state index in [2.05, 4.69) is 27.5 Å². The summed E-state index contributed by atoms with van der Waals surface area (Å²) in [4.78, 5) is 4.49. The smallest absolute Gasteiger partial charge is 0.243 e. The van der Waals surface area contributed by atoms with Crippen LogP contribution in [0, 0.1) is 6.92 Å². The number of hydrogen-bond donors (Lipinski definition) is 1. The number of benzene rings is 1. The largest absolute Gasteiger partial charge is 0.497 e. The van der Waals surface area contributed by atoms with Gasteiger partial charge in [0.1, 0.15) is 5.75 Å². The van der Waals surface area contributed by atoms with Gasteiger partial charge in [-0.15, -0.1) is 5.10 Å². The number of anilines is 1. The van der Waals surface area contributed by atoms with E-state index >= 15 is 0 Å².